The molecule has 0 aliphatic heterocycles. The lowest BCUT2D eigenvalue weighted by atomic mass is 10.1. The fourth-order valence-corrected chi connectivity index (χ4v) is 1.96. The Morgan fingerprint density at radius 2 is 2.00 bits per heavy atom. The predicted molar refractivity (Wildman–Crippen MR) is 88.2 cm³/mol. The Kier molecular flexibility index (Phi) is 6.14. The molecule has 0 spiro atoms. The number of nitrogens with one attached hydrogen (secondary N) is 1. The summed E-state index contributed by atoms with van der Waals surface area (Å²) in [5, 5.41) is 10.4. The highest BCUT2D eigenvalue weighted by molar-refractivity contribution is 5.92. The van der Waals surface area contributed by atoms with Gasteiger partial charge in [0.25, 0.3) is 0 Å². The highest BCUT2D eigenvalue weighted by Gasteiger charge is 2.15. The van der Waals surface area contributed by atoms with Crippen LogP contribution >= 0.6 is 0 Å². The van der Waals surface area contributed by atoms with Gasteiger partial charge in [0.2, 0.25) is 11.7 Å². The second kappa shape index (κ2) is 8.31. The maximum Gasteiger partial charge on any atom is 0.225 e. The first-order chi connectivity index (χ1) is 11.1. The van der Waals surface area contributed by atoms with Crippen molar-refractivity contribution < 1.29 is 14.2 Å². The van der Waals surface area contributed by atoms with E-state index in [0.29, 0.717) is 30.5 Å². The summed E-state index contributed by atoms with van der Waals surface area (Å²) in [4.78, 5) is 11.8. The summed E-state index contributed by atoms with van der Waals surface area (Å²) in [6.07, 6.45) is 2.27. The number of carbonyl (C=O) groups excluding carboxylic acids is 1. The van der Waals surface area contributed by atoms with Gasteiger partial charge in [0.05, 0.1) is 6.61 Å². The van der Waals surface area contributed by atoms with Crippen LogP contribution in [0.15, 0.2) is 28.9 Å². The number of rotatable bonds is 8. The summed E-state index contributed by atoms with van der Waals surface area (Å²) >= 11 is 0. The second-order valence-corrected chi connectivity index (χ2v) is 5.84. The molecular formula is C17H23N3O3. The Hall–Kier alpha value is -2.37. The molecule has 6 heteroatoms. The SMILES string of the molecule is CCCCC(=O)Nc1nonc1-c1ccc(OCC(C)C)cc1. The van der Waals surface area contributed by atoms with Crippen molar-refractivity contribution in [2.75, 3.05) is 11.9 Å². The molecule has 0 radical (unpaired) electrons. The number of unbranched alkanes of at least 4 members (excludes halogenated alkanes) is 1. The van der Waals surface area contributed by atoms with Gasteiger partial charge in [-0.2, -0.15) is 0 Å². The van der Waals surface area contributed by atoms with Crippen LogP contribution in [0, 0.1) is 5.92 Å². The number of hydrogen-bond donors (Lipinski definition) is 1. The smallest absolute Gasteiger partial charge is 0.225 e. The Morgan fingerprint density at radius 3 is 2.65 bits per heavy atom. The van der Waals surface area contributed by atoms with Crippen LogP contribution in [0.2, 0.25) is 0 Å². The third kappa shape index (κ3) is 5.09. The van der Waals surface area contributed by atoms with Crippen molar-refractivity contribution in [2.24, 2.45) is 5.92 Å². The van der Waals surface area contributed by atoms with E-state index in [1.807, 2.05) is 31.2 Å². The highest BCUT2D eigenvalue weighted by atomic mass is 16.6. The Bertz CT molecular complexity index is 620. The highest BCUT2D eigenvalue weighted by Crippen LogP contribution is 2.26. The molecule has 0 fully saturated rings. The average molecular weight is 317 g/mol. The third-order valence-corrected chi connectivity index (χ3v) is 3.21. The van der Waals surface area contributed by atoms with Gasteiger partial charge < -0.3 is 10.1 Å². The van der Waals surface area contributed by atoms with E-state index in [0.717, 1.165) is 24.2 Å². The van der Waals surface area contributed by atoms with Gasteiger partial charge in [-0.15, -0.1) is 0 Å². The molecule has 0 unspecified atom stereocenters. The van der Waals surface area contributed by atoms with E-state index in [2.05, 4.69) is 29.5 Å². The first-order valence-electron chi connectivity index (χ1n) is 7.95. The number of amides is 1. The molecule has 23 heavy (non-hydrogen) atoms. The molecule has 124 valence electrons. The van der Waals surface area contributed by atoms with Crippen LogP contribution in [0.1, 0.15) is 40.0 Å². The molecule has 1 heterocycles. The summed E-state index contributed by atoms with van der Waals surface area (Å²) < 4.78 is 10.4. The number of anilines is 1. The molecule has 1 N–H and O–H groups in total. The largest absolute Gasteiger partial charge is 0.493 e. The molecule has 1 aromatic heterocycles. The van der Waals surface area contributed by atoms with Gasteiger partial charge in [0.15, 0.2) is 5.69 Å². The molecule has 0 bridgehead atoms. The van der Waals surface area contributed by atoms with Crippen molar-refractivity contribution in [2.45, 2.75) is 40.0 Å². The molecule has 2 aromatic rings. The van der Waals surface area contributed by atoms with Crippen LogP contribution in [-0.2, 0) is 4.79 Å². The number of aromatic nitrogens is 2. The van der Waals surface area contributed by atoms with Crippen molar-refractivity contribution >= 4 is 11.7 Å². The summed E-state index contributed by atoms with van der Waals surface area (Å²) in [5.74, 6) is 1.54. The van der Waals surface area contributed by atoms with E-state index >= 15 is 0 Å². The molecular weight excluding hydrogens is 294 g/mol. The van der Waals surface area contributed by atoms with Crippen LogP contribution in [0.3, 0.4) is 0 Å². The lowest BCUT2D eigenvalue weighted by Crippen LogP contribution is -2.11. The molecule has 0 aliphatic rings. The summed E-state index contributed by atoms with van der Waals surface area (Å²) in [6, 6.07) is 7.48. The normalized spacial score (nSPS) is 10.8. The molecule has 0 aliphatic carbocycles. The Balaban J connectivity index is 2.04. The fourth-order valence-electron chi connectivity index (χ4n) is 1.96. The number of nitrogens with zero attached hydrogens (tertiary/aromatic N) is 2. The van der Waals surface area contributed by atoms with Crippen LogP contribution in [0.4, 0.5) is 5.82 Å². The minimum Gasteiger partial charge on any atom is -0.493 e. The molecule has 1 amide bonds. The Labute approximate surface area is 136 Å². The van der Waals surface area contributed by atoms with Crippen molar-refractivity contribution in [1.82, 2.24) is 10.3 Å². The zero-order chi connectivity index (χ0) is 16.7. The van der Waals surface area contributed by atoms with Gasteiger partial charge in [-0.05, 0) is 46.9 Å². The van der Waals surface area contributed by atoms with E-state index in [9.17, 15) is 4.79 Å². The van der Waals surface area contributed by atoms with Crippen LogP contribution in [0.5, 0.6) is 5.75 Å². The van der Waals surface area contributed by atoms with Gasteiger partial charge in [-0.3, -0.25) is 4.79 Å². The number of carbonyl (C=O) groups is 1. The van der Waals surface area contributed by atoms with Crippen molar-refractivity contribution in [3.63, 3.8) is 0 Å². The Morgan fingerprint density at radius 1 is 1.26 bits per heavy atom. The first kappa shape index (κ1) is 17.0. The van der Waals surface area contributed by atoms with Crippen molar-refractivity contribution in [1.29, 1.82) is 0 Å². The standard InChI is InChI=1S/C17H23N3O3/c1-4-5-6-15(21)18-17-16(19-23-20-17)13-7-9-14(10-8-13)22-11-12(2)3/h7-10,12H,4-6,11H2,1-3H3,(H,18,20,21). The summed E-state index contributed by atoms with van der Waals surface area (Å²) in [7, 11) is 0. The predicted octanol–water partition coefficient (Wildman–Crippen LogP) is 3.90. The monoisotopic (exact) mass is 317 g/mol. The second-order valence-electron chi connectivity index (χ2n) is 5.84. The van der Waals surface area contributed by atoms with E-state index in [1.54, 1.807) is 0 Å². The number of benzene rings is 1. The molecule has 2 rings (SSSR count). The lowest BCUT2D eigenvalue weighted by Gasteiger charge is -2.09. The molecule has 6 nitrogen and oxygen atoms in total. The van der Waals surface area contributed by atoms with Crippen LogP contribution in [0.25, 0.3) is 11.3 Å². The zero-order valence-electron chi connectivity index (χ0n) is 13.8. The molecule has 0 saturated carbocycles. The lowest BCUT2D eigenvalue weighted by molar-refractivity contribution is -0.116. The average Bonchev–Trinajstić information content (AvgIpc) is 2.99. The molecule has 0 atom stereocenters. The van der Waals surface area contributed by atoms with E-state index in [4.69, 9.17) is 9.37 Å². The molecule has 0 saturated heterocycles. The van der Waals surface area contributed by atoms with Gasteiger partial charge >= 0.3 is 0 Å². The fraction of sp³-hybridized carbons (Fsp3) is 0.471. The first-order valence-corrected chi connectivity index (χ1v) is 7.95. The summed E-state index contributed by atoms with van der Waals surface area (Å²) in [6.45, 7) is 6.91. The van der Waals surface area contributed by atoms with Gasteiger partial charge in [0, 0.05) is 12.0 Å². The van der Waals surface area contributed by atoms with Gasteiger partial charge in [-0.1, -0.05) is 27.2 Å². The van der Waals surface area contributed by atoms with Crippen molar-refractivity contribution in [3.8, 4) is 17.0 Å². The topological polar surface area (TPSA) is 77.3 Å². The van der Waals surface area contributed by atoms with Gasteiger partial charge in [0.1, 0.15) is 5.75 Å². The maximum atomic E-state index is 11.8. The third-order valence-electron chi connectivity index (χ3n) is 3.21. The minimum atomic E-state index is -0.0827. The van der Waals surface area contributed by atoms with E-state index in [-0.39, 0.29) is 5.91 Å². The van der Waals surface area contributed by atoms with Crippen LogP contribution in [-0.4, -0.2) is 22.8 Å². The molecule has 1 aromatic carbocycles. The van der Waals surface area contributed by atoms with Gasteiger partial charge in [-0.25, -0.2) is 4.63 Å². The van der Waals surface area contributed by atoms with E-state index < -0.39 is 0 Å². The minimum absolute atomic E-state index is 0.0827. The quantitative estimate of drug-likeness (QED) is 0.799. The van der Waals surface area contributed by atoms with E-state index in [1.165, 1.54) is 0 Å². The summed E-state index contributed by atoms with van der Waals surface area (Å²) in [5.41, 5.74) is 1.33. The van der Waals surface area contributed by atoms with Crippen molar-refractivity contribution in [3.05, 3.63) is 24.3 Å². The van der Waals surface area contributed by atoms with Crippen LogP contribution < -0.4 is 10.1 Å². The number of ether oxygens (including phenoxy) is 1. The zero-order valence-corrected chi connectivity index (χ0v) is 13.8. The number of hydrogen-bond acceptors (Lipinski definition) is 5. The maximum absolute atomic E-state index is 11.8.